The maximum Gasteiger partial charge on any atom is 0.123 e. The topological polar surface area (TPSA) is 12.0 Å². The molecular weight excluding hydrogens is 249 g/mol. The quantitative estimate of drug-likeness (QED) is 0.839. The van der Waals surface area contributed by atoms with E-state index in [1.54, 1.807) is 12.1 Å². The SMILES string of the molecule is CC(NCc1ccc(C2CC2)cc1)c1cccc(F)c1. The fourth-order valence-corrected chi connectivity index (χ4v) is 2.49. The number of hydrogen-bond donors (Lipinski definition) is 1. The Kier molecular flexibility index (Phi) is 3.83. The lowest BCUT2D eigenvalue weighted by Gasteiger charge is -2.14. The molecular formula is C18H20FN. The van der Waals surface area contributed by atoms with Crippen molar-refractivity contribution in [2.24, 2.45) is 0 Å². The second-order valence-corrected chi connectivity index (χ2v) is 5.67. The van der Waals surface area contributed by atoms with Crippen LogP contribution in [0.15, 0.2) is 48.5 Å². The van der Waals surface area contributed by atoms with Gasteiger partial charge in [-0.3, -0.25) is 0 Å². The molecule has 3 rings (SSSR count). The molecule has 0 spiro atoms. The molecule has 0 saturated heterocycles. The second kappa shape index (κ2) is 5.76. The average molecular weight is 269 g/mol. The molecule has 1 N–H and O–H groups in total. The van der Waals surface area contributed by atoms with Crippen LogP contribution in [0.2, 0.25) is 0 Å². The number of nitrogens with one attached hydrogen (secondary N) is 1. The van der Waals surface area contributed by atoms with Crippen molar-refractivity contribution in [1.29, 1.82) is 0 Å². The van der Waals surface area contributed by atoms with Crippen molar-refractivity contribution in [3.8, 4) is 0 Å². The first-order valence-corrected chi connectivity index (χ1v) is 7.30. The lowest BCUT2D eigenvalue weighted by atomic mass is 10.1. The van der Waals surface area contributed by atoms with Crippen molar-refractivity contribution in [1.82, 2.24) is 5.32 Å². The molecule has 2 aromatic carbocycles. The van der Waals surface area contributed by atoms with Crippen LogP contribution in [-0.4, -0.2) is 0 Å². The van der Waals surface area contributed by atoms with Gasteiger partial charge in [0.1, 0.15) is 5.82 Å². The summed E-state index contributed by atoms with van der Waals surface area (Å²) in [6.45, 7) is 2.87. The van der Waals surface area contributed by atoms with E-state index in [0.29, 0.717) is 0 Å². The highest BCUT2D eigenvalue weighted by molar-refractivity contribution is 5.28. The third-order valence-electron chi connectivity index (χ3n) is 3.99. The lowest BCUT2D eigenvalue weighted by molar-refractivity contribution is 0.565. The van der Waals surface area contributed by atoms with Gasteiger partial charge in [-0.05, 0) is 54.5 Å². The Morgan fingerprint density at radius 3 is 2.55 bits per heavy atom. The van der Waals surface area contributed by atoms with E-state index in [0.717, 1.165) is 18.0 Å². The predicted octanol–water partition coefficient (Wildman–Crippen LogP) is 4.55. The molecule has 0 aliphatic heterocycles. The normalized spacial score (nSPS) is 16.1. The molecule has 1 fully saturated rings. The summed E-state index contributed by atoms with van der Waals surface area (Å²) in [5.74, 6) is 0.633. The molecule has 1 aliphatic rings. The third-order valence-corrected chi connectivity index (χ3v) is 3.99. The van der Waals surface area contributed by atoms with E-state index in [4.69, 9.17) is 0 Å². The maximum absolute atomic E-state index is 13.2. The Labute approximate surface area is 119 Å². The first-order valence-electron chi connectivity index (χ1n) is 7.30. The van der Waals surface area contributed by atoms with Crippen LogP contribution in [0.5, 0.6) is 0 Å². The predicted molar refractivity (Wildman–Crippen MR) is 80.1 cm³/mol. The van der Waals surface area contributed by atoms with Crippen LogP contribution in [-0.2, 0) is 6.54 Å². The van der Waals surface area contributed by atoms with Gasteiger partial charge in [0.05, 0.1) is 0 Å². The monoisotopic (exact) mass is 269 g/mol. The van der Waals surface area contributed by atoms with Gasteiger partial charge in [0.25, 0.3) is 0 Å². The molecule has 1 aliphatic carbocycles. The van der Waals surface area contributed by atoms with Crippen molar-refractivity contribution in [2.75, 3.05) is 0 Å². The van der Waals surface area contributed by atoms with E-state index in [2.05, 4.69) is 36.5 Å². The fourth-order valence-electron chi connectivity index (χ4n) is 2.49. The second-order valence-electron chi connectivity index (χ2n) is 5.67. The van der Waals surface area contributed by atoms with Gasteiger partial charge in [0.15, 0.2) is 0 Å². The highest BCUT2D eigenvalue weighted by atomic mass is 19.1. The first-order chi connectivity index (χ1) is 9.72. The lowest BCUT2D eigenvalue weighted by Crippen LogP contribution is -2.18. The summed E-state index contributed by atoms with van der Waals surface area (Å²) in [5, 5.41) is 3.44. The van der Waals surface area contributed by atoms with Gasteiger partial charge in [0.2, 0.25) is 0 Å². The Hall–Kier alpha value is -1.67. The third kappa shape index (κ3) is 3.26. The summed E-state index contributed by atoms with van der Waals surface area (Å²) >= 11 is 0. The Balaban J connectivity index is 1.58. The number of hydrogen-bond acceptors (Lipinski definition) is 1. The Bertz CT molecular complexity index is 572. The zero-order valence-corrected chi connectivity index (χ0v) is 11.8. The van der Waals surface area contributed by atoms with E-state index in [9.17, 15) is 4.39 Å². The minimum Gasteiger partial charge on any atom is -0.306 e. The molecule has 0 aromatic heterocycles. The molecule has 0 radical (unpaired) electrons. The van der Waals surface area contributed by atoms with Gasteiger partial charge in [-0.1, -0.05) is 36.4 Å². The largest absolute Gasteiger partial charge is 0.306 e. The summed E-state index contributed by atoms with van der Waals surface area (Å²) in [6.07, 6.45) is 2.68. The standard InChI is InChI=1S/C18H20FN/c1-13(17-3-2-4-18(19)11-17)20-12-14-5-7-15(8-6-14)16-9-10-16/h2-8,11,13,16,20H,9-10,12H2,1H3. The molecule has 0 amide bonds. The first kappa shape index (κ1) is 13.3. The van der Waals surface area contributed by atoms with Crippen LogP contribution in [0.1, 0.15) is 48.4 Å². The van der Waals surface area contributed by atoms with E-state index in [-0.39, 0.29) is 11.9 Å². The number of halogens is 1. The van der Waals surface area contributed by atoms with Crippen LogP contribution in [0.3, 0.4) is 0 Å². The van der Waals surface area contributed by atoms with Gasteiger partial charge in [0, 0.05) is 12.6 Å². The van der Waals surface area contributed by atoms with Crippen LogP contribution in [0.4, 0.5) is 4.39 Å². The van der Waals surface area contributed by atoms with Crippen molar-refractivity contribution in [2.45, 2.75) is 38.3 Å². The van der Waals surface area contributed by atoms with Crippen molar-refractivity contribution < 1.29 is 4.39 Å². The fraction of sp³-hybridized carbons (Fsp3) is 0.333. The summed E-state index contributed by atoms with van der Waals surface area (Å²) < 4.78 is 13.2. The van der Waals surface area contributed by atoms with Crippen molar-refractivity contribution in [3.05, 3.63) is 71.0 Å². The summed E-state index contributed by atoms with van der Waals surface area (Å²) in [4.78, 5) is 0. The molecule has 2 aromatic rings. The van der Waals surface area contributed by atoms with Gasteiger partial charge >= 0.3 is 0 Å². The van der Waals surface area contributed by atoms with Gasteiger partial charge in [-0.25, -0.2) is 4.39 Å². The Morgan fingerprint density at radius 2 is 1.90 bits per heavy atom. The molecule has 1 saturated carbocycles. The number of rotatable bonds is 5. The van der Waals surface area contributed by atoms with Crippen molar-refractivity contribution in [3.63, 3.8) is 0 Å². The molecule has 0 heterocycles. The maximum atomic E-state index is 13.2. The molecule has 20 heavy (non-hydrogen) atoms. The van der Waals surface area contributed by atoms with Gasteiger partial charge < -0.3 is 5.32 Å². The smallest absolute Gasteiger partial charge is 0.123 e. The highest BCUT2D eigenvalue weighted by Gasteiger charge is 2.22. The Morgan fingerprint density at radius 1 is 1.15 bits per heavy atom. The van der Waals surface area contributed by atoms with Crippen LogP contribution >= 0.6 is 0 Å². The van der Waals surface area contributed by atoms with Gasteiger partial charge in [-0.15, -0.1) is 0 Å². The van der Waals surface area contributed by atoms with Crippen LogP contribution in [0.25, 0.3) is 0 Å². The van der Waals surface area contributed by atoms with E-state index in [1.165, 1.54) is 30.0 Å². The molecule has 104 valence electrons. The highest BCUT2D eigenvalue weighted by Crippen LogP contribution is 2.39. The van der Waals surface area contributed by atoms with E-state index >= 15 is 0 Å². The molecule has 2 heteroatoms. The molecule has 1 unspecified atom stereocenters. The van der Waals surface area contributed by atoms with E-state index in [1.807, 2.05) is 6.07 Å². The molecule has 1 nitrogen and oxygen atoms in total. The van der Waals surface area contributed by atoms with Gasteiger partial charge in [-0.2, -0.15) is 0 Å². The van der Waals surface area contributed by atoms with Crippen LogP contribution < -0.4 is 5.32 Å². The summed E-state index contributed by atoms with van der Waals surface area (Å²) in [7, 11) is 0. The average Bonchev–Trinajstić information content (AvgIpc) is 3.30. The number of benzene rings is 2. The minimum absolute atomic E-state index is 0.147. The summed E-state index contributed by atoms with van der Waals surface area (Å²) in [5.41, 5.74) is 3.73. The summed E-state index contributed by atoms with van der Waals surface area (Å²) in [6, 6.07) is 15.8. The van der Waals surface area contributed by atoms with E-state index < -0.39 is 0 Å². The zero-order chi connectivity index (χ0) is 13.9. The zero-order valence-electron chi connectivity index (χ0n) is 11.8. The molecule has 1 atom stereocenters. The van der Waals surface area contributed by atoms with Crippen molar-refractivity contribution >= 4 is 0 Å². The van der Waals surface area contributed by atoms with Crippen LogP contribution in [0, 0.1) is 5.82 Å². The molecule has 0 bridgehead atoms. The minimum atomic E-state index is -0.176.